The van der Waals surface area contributed by atoms with Crippen molar-refractivity contribution < 1.29 is 9.59 Å². The van der Waals surface area contributed by atoms with Crippen LogP contribution in [0.5, 0.6) is 0 Å². The van der Waals surface area contributed by atoms with E-state index in [-0.39, 0.29) is 23.9 Å². The van der Waals surface area contributed by atoms with Crippen LogP contribution in [-0.4, -0.2) is 47.9 Å². The molecular formula is C20H28ClN3O2. The molecule has 3 rings (SSSR count). The molecule has 0 bridgehead atoms. The average Bonchev–Trinajstić information content (AvgIpc) is 3.24. The maximum absolute atomic E-state index is 12.7. The van der Waals surface area contributed by atoms with Gasteiger partial charge in [0.15, 0.2) is 0 Å². The van der Waals surface area contributed by atoms with Crippen LogP contribution in [0.4, 0.5) is 0 Å². The summed E-state index contributed by atoms with van der Waals surface area (Å²) in [5, 5.41) is 6.71. The van der Waals surface area contributed by atoms with Crippen LogP contribution in [0.25, 0.3) is 0 Å². The Balaban J connectivity index is 1.70. The molecule has 1 aliphatic carbocycles. The summed E-state index contributed by atoms with van der Waals surface area (Å²) < 4.78 is 0. The van der Waals surface area contributed by atoms with Gasteiger partial charge >= 0.3 is 0 Å². The molecule has 1 saturated carbocycles. The second kappa shape index (κ2) is 8.40. The first-order valence-electron chi connectivity index (χ1n) is 9.60. The summed E-state index contributed by atoms with van der Waals surface area (Å²) in [4.78, 5) is 27.5. The van der Waals surface area contributed by atoms with Crippen molar-refractivity contribution in [3.63, 3.8) is 0 Å². The van der Waals surface area contributed by atoms with E-state index >= 15 is 0 Å². The number of carbonyl (C=O) groups is 2. The van der Waals surface area contributed by atoms with Crippen molar-refractivity contribution in [2.75, 3.05) is 13.1 Å². The van der Waals surface area contributed by atoms with E-state index in [1.807, 2.05) is 13.8 Å². The number of nitrogens with one attached hydrogen (secondary N) is 2. The van der Waals surface area contributed by atoms with Crippen molar-refractivity contribution in [1.29, 1.82) is 0 Å². The molecule has 2 fully saturated rings. The third-order valence-corrected chi connectivity index (χ3v) is 5.79. The van der Waals surface area contributed by atoms with Crippen LogP contribution in [0.3, 0.4) is 0 Å². The van der Waals surface area contributed by atoms with Gasteiger partial charge in [-0.15, -0.1) is 0 Å². The largest absolute Gasteiger partial charge is 0.355 e. The summed E-state index contributed by atoms with van der Waals surface area (Å²) in [6, 6.07) is 5.61. The lowest BCUT2D eigenvalue weighted by Crippen LogP contribution is -2.47. The molecule has 1 saturated heterocycles. The maximum Gasteiger partial charge on any atom is 0.251 e. The second-order valence-corrected chi connectivity index (χ2v) is 7.85. The molecule has 0 aromatic heterocycles. The zero-order valence-electron chi connectivity index (χ0n) is 15.6. The Labute approximate surface area is 160 Å². The Kier molecular flexibility index (Phi) is 6.20. The molecule has 6 heteroatoms. The molecule has 2 amide bonds. The van der Waals surface area contributed by atoms with E-state index in [0.717, 1.165) is 24.9 Å². The third-order valence-electron chi connectivity index (χ3n) is 5.55. The topological polar surface area (TPSA) is 61.4 Å². The Morgan fingerprint density at radius 1 is 1.27 bits per heavy atom. The molecule has 1 heterocycles. The van der Waals surface area contributed by atoms with Gasteiger partial charge in [0.25, 0.3) is 5.91 Å². The number of likely N-dealkylation sites (N-methyl/N-ethyl adjacent to an activating group) is 1. The molecule has 2 atom stereocenters. The maximum atomic E-state index is 12.7. The molecule has 1 aliphatic heterocycles. The lowest BCUT2D eigenvalue weighted by molar-refractivity contribution is -0.126. The number of aryl methyl sites for hydroxylation is 1. The number of amides is 2. The molecule has 2 aliphatic rings. The lowest BCUT2D eigenvalue weighted by atomic mass is 10.1. The smallest absolute Gasteiger partial charge is 0.251 e. The van der Waals surface area contributed by atoms with E-state index < -0.39 is 0 Å². The number of halogens is 1. The minimum Gasteiger partial charge on any atom is -0.355 e. The monoisotopic (exact) mass is 377 g/mol. The summed E-state index contributed by atoms with van der Waals surface area (Å²) in [6.45, 7) is 5.20. The lowest BCUT2D eigenvalue weighted by Gasteiger charge is -2.29. The minimum atomic E-state index is -0.144. The highest BCUT2D eigenvalue weighted by molar-refractivity contribution is 6.30. The second-order valence-electron chi connectivity index (χ2n) is 7.41. The van der Waals surface area contributed by atoms with E-state index in [1.54, 1.807) is 18.2 Å². The van der Waals surface area contributed by atoms with E-state index in [2.05, 4.69) is 15.5 Å². The quantitative estimate of drug-likeness (QED) is 0.829. The molecule has 1 aromatic carbocycles. The highest BCUT2D eigenvalue weighted by Crippen LogP contribution is 2.30. The first-order valence-corrected chi connectivity index (χ1v) is 9.98. The van der Waals surface area contributed by atoms with Crippen molar-refractivity contribution in [2.45, 2.75) is 64.1 Å². The summed E-state index contributed by atoms with van der Waals surface area (Å²) in [6.07, 6.45) is 5.41. The fraction of sp³-hybridized carbons (Fsp3) is 0.600. The van der Waals surface area contributed by atoms with E-state index in [1.165, 1.54) is 12.8 Å². The molecule has 26 heavy (non-hydrogen) atoms. The first kappa shape index (κ1) is 19.2. The molecule has 0 spiro atoms. The number of carbonyl (C=O) groups excluding carboxylic acids is 2. The summed E-state index contributed by atoms with van der Waals surface area (Å²) in [5.74, 6) is -0.00842. The summed E-state index contributed by atoms with van der Waals surface area (Å²) in [7, 11) is 0. The van der Waals surface area contributed by atoms with Gasteiger partial charge in [-0.1, -0.05) is 24.4 Å². The fourth-order valence-corrected chi connectivity index (χ4v) is 4.53. The van der Waals surface area contributed by atoms with E-state index in [4.69, 9.17) is 11.6 Å². The van der Waals surface area contributed by atoms with Gasteiger partial charge in [-0.25, -0.2) is 0 Å². The first-order chi connectivity index (χ1) is 12.5. The van der Waals surface area contributed by atoms with Crippen molar-refractivity contribution in [3.05, 3.63) is 34.3 Å². The number of nitrogens with zero attached hydrogens (tertiary/aromatic N) is 1. The number of hydrogen-bond donors (Lipinski definition) is 2. The minimum absolute atomic E-state index is 0.00853. The van der Waals surface area contributed by atoms with Crippen molar-refractivity contribution in [1.82, 2.24) is 15.5 Å². The molecule has 0 radical (unpaired) electrons. The van der Waals surface area contributed by atoms with E-state index in [0.29, 0.717) is 29.6 Å². The molecule has 2 unspecified atom stereocenters. The van der Waals surface area contributed by atoms with Gasteiger partial charge < -0.3 is 10.6 Å². The van der Waals surface area contributed by atoms with Gasteiger partial charge in [0, 0.05) is 35.8 Å². The Hall–Kier alpha value is -1.59. The predicted molar refractivity (Wildman–Crippen MR) is 103 cm³/mol. The average molecular weight is 378 g/mol. The van der Waals surface area contributed by atoms with Crippen LogP contribution in [0.15, 0.2) is 18.2 Å². The highest BCUT2D eigenvalue weighted by Gasteiger charge is 2.41. The Bertz CT molecular complexity index is 673. The van der Waals surface area contributed by atoms with Crippen molar-refractivity contribution in [2.24, 2.45) is 0 Å². The molecule has 1 aromatic rings. The van der Waals surface area contributed by atoms with Crippen LogP contribution in [0.2, 0.25) is 5.02 Å². The van der Waals surface area contributed by atoms with Gasteiger partial charge in [-0.05, 0) is 56.9 Å². The number of rotatable bonds is 5. The Morgan fingerprint density at radius 3 is 2.65 bits per heavy atom. The van der Waals surface area contributed by atoms with Gasteiger partial charge in [-0.3, -0.25) is 14.5 Å². The van der Waals surface area contributed by atoms with Crippen LogP contribution >= 0.6 is 11.6 Å². The Morgan fingerprint density at radius 2 is 2.00 bits per heavy atom. The van der Waals surface area contributed by atoms with Crippen molar-refractivity contribution in [3.8, 4) is 0 Å². The zero-order chi connectivity index (χ0) is 18.7. The normalized spacial score (nSPS) is 24.0. The summed E-state index contributed by atoms with van der Waals surface area (Å²) in [5.41, 5.74) is 1.50. The van der Waals surface area contributed by atoms with Crippen LogP contribution in [-0.2, 0) is 4.79 Å². The zero-order valence-corrected chi connectivity index (χ0v) is 16.3. The third kappa shape index (κ3) is 4.21. The molecule has 2 N–H and O–H groups in total. The molecular weight excluding hydrogens is 350 g/mol. The number of hydrogen-bond acceptors (Lipinski definition) is 3. The molecule has 142 valence electrons. The summed E-state index contributed by atoms with van der Waals surface area (Å²) >= 11 is 5.98. The number of likely N-dealkylation sites (tertiary alicyclic amines) is 1. The van der Waals surface area contributed by atoms with E-state index in [9.17, 15) is 9.59 Å². The van der Waals surface area contributed by atoms with Crippen LogP contribution < -0.4 is 10.6 Å². The van der Waals surface area contributed by atoms with Crippen LogP contribution in [0, 0.1) is 6.92 Å². The SMILES string of the molecule is CCNC(=O)C1CC(NC(=O)c2ccc(Cl)cc2C)CN1C1CCCC1. The van der Waals surface area contributed by atoms with Gasteiger partial charge in [0.1, 0.15) is 0 Å². The van der Waals surface area contributed by atoms with Gasteiger partial charge in [0.05, 0.1) is 6.04 Å². The van der Waals surface area contributed by atoms with Gasteiger partial charge in [-0.2, -0.15) is 0 Å². The fourth-order valence-electron chi connectivity index (χ4n) is 4.30. The number of benzene rings is 1. The van der Waals surface area contributed by atoms with Crippen molar-refractivity contribution >= 4 is 23.4 Å². The highest BCUT2D eigenvalue weighted by atomic mass is 35.5. The predicted octanol–water partition coefficient (Wildman–Crippen LogP) is 2.90. The standard InChI is InChI=1S/C20H28ClN3O2/c1-3-22-20(26)18-11-15(12-24(18)16-6-4-5-7-16)23-19(25)17-9-8-14(21)10-13(17)2/h8-10,15-16,18H,3-7,11-12H2,1-2H3,(H,22,26)(H,23,25). The molecule has 5 nitrogen and oxygen atoms in total. The van der Waals surface area contributed by atoms with Crippen LogP contribution in [0.1, 0.15) is 54.9 Å². The van der Waals surface area contributed by atoms with Gasteiger partial charge in [0.2, 0.25) is 5.91 Å².